The number of hydrogen-bond donors (Lipinski definition) is 1. The van der Waals surface area contributed by atoms with Crippen molar-refractivity contribution >= 4 is 0 Å². The van der Waals surface area contributed by atoms with E-state index in [0.29, 0.717) is 0 Å². The van der Waals surface area contributed by atoms with E-state index in [0.717, 1.165) is 18.8 Å². The van der Waals surface area contributed by atoms with Gasteiger partial charge in [0.2, 0.25) is 0 Å². The summed E-state index contributed by atoms with van der Waals surface area (Å²) < 4.78 is 5.58. The van der Waals surface area contributed by atoms with Crippen LogP contribution in [-0.4, -0.2) is 17.7 Å². The van der Waals surface area contributed by atoms with Crippen molar-refractivity contribution in [2.75, 3.05) is 6.61 Å². The molecule has 0 saturated carbocycles. The molecule has 1 aliphatic rings. The molecule has 13 heavy (non-hydrogen) atoms. The third kappa shape index (κ3) is 3.03. The first kappa shape index (κ1) is 10.6. The van der Waals surface area contributed by atoms with Crippen LogP contribution in [0.2, 0.25) is 0 Å². The second-order valence-electron chi connectivity index (χ2n) is 4.95. The van der Waals surface area contributed by atoms with Gasteiger partial charge in [0.1, 0.15) is 0 Å². The molecule has 76 valence electrons. The van der Waals surface area contributed by atoms with Crippen LogP contribution in [0.25, 0.3) is 0 Å². The molecule has 0 unspecified atom stereocenters. The van der Waals surface area contributed by atoms with Gasteiger partial charge in [-0.05, 0) is 40.7 Å². The molecule has 0 amide bonds. The summed E-state index contributed by atoms with van der Waals surface area (Å²) >= 11 is 0. The fourth-order valence-corrected chi connectivity index (χ4v) is 2.12. The van der Waals surface area contributed by atoms with Crippen molar-refractivity contribution < 1.29 is 4.74 Å². The highest BCUT2D eigenvalue weighted by Gasteiger charge is 2.32. The average molecular weight is 183 g/mol. The van der Waals surface area contributed by atoms with Gasteiger partial charge < -0.3 is 10.1 Å². The highest BCUT2D eigenvalue weighted by molar-refractivity contribution is 5.16. The molecule has 0 saturated heterocycles. The van der Waals surface area contributed by atoms with Crippen molar-refractivity contribution in [3.8, 4) is 0 Å². The monoisotopic (exact) mass is 183 g/mol. The molecule has 2 nitrogen and oxygen atoms in total. The molecule has 2 heteroatoms. The number of hydrogen-bond acceptors (Lipinski definition) is 2. The van der Waals surface area contributed by atoms with Crippen molar-refractivity contribution in [3.05, 3.63) is 11.8 Å². The predicted molar refractivity (Wildman–Crippen MR) is 55.6 cm³/mol. The minimum absolute atomic E-state index is 0.0479. The molecular formula is C11H21NO. The molecular weight excluding hydrogens is 162 g/mol. The third-order valence-electron chi connectivity index (χ3n) is 2.13. The van der Waals surface area contributed by atoms with E-state index in [4.69, 9.17) is 4.74 Å². The Morgan fingerprint density at radius 3 is 2.46 bits per heavy atom. The van der Waals surface area contributed by atoms with Gasteiger partial charge in [-0.3, -0.25) is 0 Å². The lowest BCUT2D eigenvalue weighted by Gasteiger charge is -2.40. The Labute approximate surface area is 81.4 Å². The quantitative estimate of drug-likeness (QED) is 0.710. The highest BCUT2D eigenvalue weighted by Crippen LogP contribution is 2.27. The number of rotatable bonds is 2. The zero-order valence-electron chi connectivity index (χ0n) is 9.40. The average Bonchev–Trinajstić information content (AvgIpc) is 1.78. The van der Waals surface area contributed by atoms with E-state index in [1.807, 2.05) is 6.92 Å². The summed E-state index contributed by atoms with van der Waals surface area (Å²) in [5.41, 5.74) is 0.189. The van der Waals surface area contributed by atoms with Crippen LogP contribution in [0, 0.1) is 0 Å². The van der Waals surface area contributed by atoms with Crippen LogP contribution in [0.5, 0.6) is 0 Å². The zero-order valence-corrected chi connectivity index (χ0v) is 9.40. The molecule has 0 bridgehead atoms. The van der Waals surface area contributed by atoms with Crippen LogP contribution < -0.4 is 5.32 Å². The van der Waals surface area contributed by atoms with Crippen molar-refractivity contribution in [3.63, 3.8) is 0 Å². The largest absolute Gasteiger partial charge is 0.498 e. The van der Waals surface area contributed by atoms with Gasteiger partial charge in [-0.1, -0.05) is 0 Å². The molecule has 1 rings (SSSR count). The second-order valence-corrected chi connectivity index (χ2v) is 4.95. The van der Waals surface area contributed by atoms with Gasteiger partial charge in [-0.2, -0.15) is 0 Å². The van der Waals surface area contributed by atoms with Crippen LogP contribution in [0.1, 0.15) is 41.0 Å². The molecule has 0 aromatic carbocycles. The zero-order chi connectivity index (χ0) is 10.1. The predicted octanol–water partition coefficient (Wildman–Crippen LogP) is 2.46. The van der Waals surface area contributed by atoms with E-state index in [-0.39, 0.29) is 11.1 Å². The maximum absolute atomic E-state index is 5.58. The summed E-state index contributed by atoms with van der Waals surface area (Å²) in [6.45, 7) is 11.6. The summed E-state index contributed by atoms with van der Waals surface area (Å²) in [5.74, 6) is 1.12. The Morgan fingerprint density at radius 2 is 2.00 bits per heavy atom. The first-order chi connectivity index (χ1) is 5.85. The van der Waals surface area contributed by atoms with Crippen LogP contribution in [0.4, 0.5) is 0 Å². The molecule has 0 aliphatic carbocycles. The number of nitrogens with one attached hydrogen (secondary N) is 1. The fraction of sp³-hybridized carbons (Fsp3) is 0.818. The minimum atomic E-state index is 0.0479. The van der Waals surface area contributed by atoms with E-state index >= 15 is 0 Å². The molecule has 0 aromatic rings. The Balaban J connectivity index is 2.79. The first-order valence-electron chi connectivity index (χ1n) is 4.98. The topological polar surface area (TPSA) is 21.3 Å². The smallest absolute Gasteiger partial charge is 0.0956 e. The maximum atomic E-state index is 5.58. The standard InChI is InChI=1S/C11H21NO/c1-6-13-9-7-10(2,3)12-11(4,5)8-9/h7,12H,6,8H2,1-5H3. The van der Waals surface area contributed by atoms with Crippen LogP contribution in [-0.2, 0) is 4.74 Å². The van der Waals surface area contributed by atoms with Gasteiger partial charge in [0.25, 0.3) is 0 Å². The van der Waals surface area contributed by atoms with Crippen molar-refractivity contribution in [2.45, 2.75) is 52.1 Å². The molecule has 0 radical (unpaired) electrons. The van der Waals surface area contributed by atoms with E-state index in [2.05, 4.69) is 39.1 Å². The van der Waals surface area contributed by atoms with Gasteiger partial charge in [0.05, 0.1) is 12.4 Å². The lowest BCUT2D eigenvalue weighted by atomic mass is 9.87. The summed E-state index contributed by atoms with van der Waals surface area (Å²) in [7, 11) is 0. The SMILES string of the molecule is CCOC1=CC(C)(C)NC(C)(C)C1. The van der Waals surface area contributed by atoms with Crippen molar-refractivity contribution in [1.82, 2.24) is 5.32 Å². The van der Waals surface area contributed by atoms with Crippen LogP contribution in [0.3, 0.4) is 0 Å². The van der Waals surface area contributed by atoms with E-state index in [9.17, 15) is 0 Å². The van der Waals surface area contributed by atoms with Gasteiger partial charge in [0, 0.05) is 17.5 Å². The van der Waals surface area contributed by atoms with Crippen molar-refractivity contribution in [2.24, 2.45) is 0 Å². The van der Waals surface area contributed by atoms with Crippen LogP contribution in [0.15, 0.2) is 11.8 Å². The second kappa shape index (κ2) is 3.33. The molecule has 0 atom stereocenters. The minimum Gasteiger partial charge on any atom is -0.498 e. The lowest BCUT2D eigenvalue weighted by Crippen LogP contribution is -2.54. The molecule has 1 N–H and O–H groups in total. The molecule has 1 heterocycles. The third-order valence-corrected chi connectivity index (χ3v) is 2.13. The van der Waals surface area contributed by atoms with Gasteiger partial charge in [-0.25, -0.2) is 0 Å². The van der Waals surface area contributed by atoms with Crippen molar-refractivity contribution in [1.29, 1.82) is 0 Å². The Kier molecular flexibility index (Phi) is 2.71. The molecule has 0 spiro atoms. The van der Waals surface area contributed by atoms with E-state index in [1.165, 1.54) is 0 Å². The summed E-state index contributed by atoms with van der Waals surface area (Å²) in [6.07, 6.45) is 3.16. The fourth-order valence-electron chi connectivity index (χ4n) is 2.12. The van der Waals surface area contributed by atoms with Gasteiger partial charge in [0.15, 0.2) is 0 Å². The molecule has 0 aromatic heterocycles. The Bertz CT molecular complexity index is 216. The lowest BCUT2D eigenvalue weighted by molar-refractivity contribution is 0.163. The Hall–Kier alpha value is -0.500. The van der Waals surface area contributed by atoms with E-state index < -0.39 is 0 Å². The maximum Gasteiger partial charge on any atom is 0.0956 e. The van der Waals surface area contributed by atoms with E-state index in [1.54, 1.807) is 0 Å². The van der Waals surface area contributed by atoms with Gasteiger partial charge >= 0.3 is 0 Å². The Morgan fingerprint density at radius 1 is 1.38 bits per heavy atom. The first-order valence-corrected chi connectivity index (χ1v) is 4.98. The summed E-state index contributed by atoms with van der Waals surface area (Å²) in [5, 5.41) is 3.56. The highest BCUT2D eigenvalue weighted by atomic mass is 16.5. The molecule has 1 aliphatic heterocycles. The summed E-state index contributed by atoms with van der Waals surface area (Å²) in [4.78, 5) is 0. The molecule has 0 fully saturated rings. The summed E-state index contributed by atoms with van der Waals surface area (Å²) in [6, 6.07) is 0. The normalized spacial score (nSPS) is 25.2. The van der Waals surface area contributed by atoms with Crippen LogP contribution >= 0.6 is 0 Å². The number of ether oxygens (including phenoxy) is 1. The van der Waals surface area contributed by atoms with Gasteiger partial charge in [-0.15, -0.1) is 0 Å².